The zero-order valence-corrected chi connectivity index (χ0v) is 12.0. The minimum atomic E-state index is -0.488. The van der Waals surface area contributed by atoms with Gasteiger partial charge in [-0.2, -0.15) is 0 Å². The number of rotatable bonds is 4. The van der Waals surface area contributed by atoms with Gasteiger partial charge in [-0.3, -0.25) is 0 Å². The van der Waals surface area contributed by atoms with Crippen LogP contribution in [0.5, 0.6) is 5.75 Å². The summed E-state index contributed by atoms with van der Waals surface area (Å²) in [6.45, 7) is 1.11. The Balaban J connectivity index is 2.09. The zero-order valence-electron chi connectivity index (χ0n) is 9.62. The van der Waals surface area contributed by atoms with Gasteiger partial charge in [0.15, 0.2) is 11.6 Å². The molecule has 0 aliphatic carbocycles. The maximum atomic E-state index is 14.0. The smallest absolute Gasteiger partial charge is 0.179 e. The molecule has 2 N–H and O–H groups in total. The van der Waals surface area contributed by atoms with Crippen LogP contribution in [-0.2, 0) is 4.74 Å². The second kappa shape index (κ2) is 5.95. The second-order valence-corrected chi connectivity index (χ2v) is 5.28. The first-order valence-corrected chi connectivity index (χ1v) is 6.82. The van der Waals surface area contributed by atoms with Gasteiger partial charge in [0.1, 0.15) is 11.6 Å². The topological polar surface area (TPSA) is 44.5 Å². The molecule has 1 unspecified atom stereocenters. The lowest BCUT2D eigenvalue weighted by atomic mass is 10.2. The Morgan fingerprint density at radius 1 is 1.61 bits per heavy atom. The Kier molecular flexibility index (Phi) is 4.53. The average molecular weight is 334 g/mol. The highest BCUT2D eigenvalue weighted by atomic mass is 79.9. The Bertz CT molecular complexity index is 464. The van der Waals surface area contributed by atoms with Crippen LogP contribution in [0.15, 0.2) is 16.6 Å². The van der Waals surface area contributed by atoms with E-state index >= 15 is 0 Å². The van der Waals surface area contributed by atoms with E-state index in [0.29, 0.717) is 12.2 Å². The molecule has 1 saturated heterocycles. The van der Waals surface area contributed by atoms with E-state index in [1.807, 2.05) is 0 Å². The largest absolute Gasteiger partial charge is 0.488 e. The summed E-state index contributed by atoms with van der Waals surface area (Å²) in [5.41, 5.74) is 5.95. The molecule has 0 bridgehead atoms. The molecule has 6 heteroatoms. The monoisotopic (exact) mass is 333 g/mol. The molecule has 1 fully saturated rings. The third kappa shape index (κ3) is 2.99. The maximum Gasteiger partial charge on any atom is 0.179 e. The van der Waals surface area contributed by atoms with E-state index < -0.39 is 5.82 Å². The molecule has 0 spiro atoms. The normalized spacial score (nSPS) is 18.9. The number of hydrogen-bond donors (Lipinski definition) is 1. The molecule has 1 aromatic carbocycles. The van der Waals surface area contributed by atoms with Gasteiger partial charge in [0.05, 0.1) is 10.6 Å². The van der Waals surface area contributed by atoms with Crippen LogP contribution in [0.2, 0.25) is 0 Å². The van der Waals surface area contributed by atoms with Gasteiger partial charge in [0, 0.05) is 12.2 Å². The molecule has 1 aromatic rings. The van der Waals surface area contributed by atoms with Crippen LogP contribution < -0.4 is 10.5 Å². The van der Waals surface area contributed by atoms with Gasteiger partial charge in [-0.05, 0) is 40.9 Å². The van der Waals surface area contributed by atoms with E-state index in [9.17, 15) is 4.39 Å². The highest BCUT2D eigenvalue weighted by Gasteiger charge is 2.18. The zero-order chi connectivity index (χ0) is 13.1. The van der Waals surface area contributed by atoms with Crippen molar-refractivity contribution in [2.75, 3.05) is 13.2 Å². The Morgan fingerprint density at radius 2 is 2.39 bits per heavy atom. The van der Waals surface area contributed by atoms with E-state index in [0.717, 1.165) is 19.4 Å². The molecule has 0 amide bonds. The van der Waals surface area contributed by atoms with Gasteiger partial charge < -0.3 is 15.2 Å². The standard InChI is InChI=1S/C12H13BrFNO2S/c13-10-8(12(15)18)3-4-9(11(10)14)17-6-7-2-1-5-16-7/h3-4,7H,1-2,5-6H2,(H2,15,18). The molecule has 1 heterocycles. The van der Waals surface area contributed by atoms with Crippen LogP contribution in [-0.4, -0.2) is 24.3 Å². The van der Waals surface area contributed by atoms with E-state index in [1.165, 1.54) is 6.07 Å². The van der Waals surface area contributed by atoms with Crippen molar-refractivity contribution in [2.24, 2.45) is 5.73 Å². The fourth-order valence-corrected chi connectivity index (χ4v) is 2.63. The molecular weight excluding hydrogens is 321 g/mol. The van der Waals surface area contributed by atoms with Crippen molar-refractivity contribution in [1.82, 2.24) is 0 Å². The Labute approximate surface area is 119 Å². The number of hydrogen-bond acceptors (Lipinski definition) is 3. The first kappa shape index (κ1) is 13.7. The van der Waals surface area contributed by atoms with E-state index in [-0.39, 0.29) is 21.3 Å². The van der Waals surface area contributed by atoms with Gasteiger partial charge in [0.25, 0.3) is 0 Å². The molecule has 0 saturated carbocycles. The Hall–Kier alpha value is -0.720. The van der Waals surface area contributed by atoms with Crippen molar-refractivity contribution in [1.29, 1.82) is 0 Å². The summed E-state index contributed by atoms with van der Waals surface area (Å²) in [4.78, 5) is 0.145. The van der Waals surface area contributed by atoms with Crippen molar-refractivity contribution < 1.29 is 13.9 Å². The third-order valence-corrected chi connectivity index (χ3v) is 3.76. The van der Waals surface area contributed by atoms with Gasteiger partial charge in [0.2, 0.25) is 0 Å². The molecule has 1 aliphatic heterocycles. The van der Waals surface area contributed by atoms with Crippen LogP contribution in [0.1, 0.15) is 18.4 Å². The number of halogens is 2. The maximum absolute atomic E-state index is 14.0. The first-order chi connectivity index (χ1) is 8.59. The van der Waals surface area contributed by atoms with E-state index in [2.05, 4.69) is 15.9 Å². The Morgan fingerprint density at radius 3 is 3.00 bits per heavy atom. The average Bonchev–Trinajstić information content (AvgIpc) is 2.83. The molecular formula is C12H13BrFNO2S. The number of nitrogens with two attached hydrogens (primary N) is 1. The lowest BCUT2D eigenvalue weighted by Gasteiger charge is -2.13. The van der Waals surface area contributed by atoms with E-state index in [4.69, 9.17) is 27.4 Å². The van der Waals surface area contributed by atoms with Crippen molar-refractivity contribution >= 4 is 33.1 Å². The van der Waals surface area contributed by atoms with Crippen molar-refractivity contribution in [3.8, 4) is 5.75 Å². The summed E-state index contributed by atoms with van der Waals surface area (Å²) < 4.78 is 25.0. The highest BCUT2D eigenvalue weighted by molar-refractivity contribution is 9.10. The van der Waals surface area contributed by atoms with Gasteiger partial charge in [-0.15, -0.1) is 0 Å². The van der Waals surface area contributed by atoms with Gasteiger partial charge >= 0.3 is 0 Å². The summed E-state index contributed by atoms with van der Waals surface area (Å²) >= 11 is 7.96. The quantitative estimate of drug-likeness (QED) is 0.860. The molecule has 0 aromatic heterocycles. The summed E-state index contributed by atoms with van der Waals surface area (Å²) in [6.07, 6.45) is 2.03. The first-order valence-electron chi connectivity index (χ1n) is 5.62. The van der Waals surface area contributed by atoms with Crippen LogP contribution >= 0.6 is 28.1 Å². The van der Waals surface area contributed by atoms with Crippen molar-refractivity contribution in [3.05, 3.63) is 28.0 Å². The van der Waals surface area contributed by atoms with Crippen LogP contribution in [0.3, 0.4) is 0 Å². The summed E-state index contributed by atoms with van der Waals surface area (Å²) in [6, 6.07) is 3.17. The highest BCUT2D eigenvalue weighted by Crippen LogP contribution is 2.29. The number of thiocarbonyl (C=S) groups is 1. The van der Waals surface area contributed by atoms with Crippen LogP contribution in [0.25, 0.3) is 0 Å². The number of benzene rings is 1. The summed E-state index contributed by atoms with van der Waals surface area (Å²) in [5.74, 6) is -0.310. The SMILES string of the molecule is NC(=S)c1ccc(OCC2CCCO2)c(F)c1Br. The molecule has 2 rings (SSSR count). The van der Waals surface area contributed by atoms with Crippen LogP contribution in [0.4, 0.5) is 4.39 Å². The predicted molar refractivity (Wildman–Crippen MR) is 74.5 cm³/mol. The molecule has 98 valence electrons. The predicted octanol–water partition coefficient (Wildman–Crippen LogP) is 2.78. The third-order valence-electron chi connectivity index (χ3n) is 2.76. The van der Waals surface area contributed by atoms with Gasteiger partial charge in [-0.1, -0.05) is 12.2 Å². The molecule has 0 radical (unpaired) electrons. The van der Waals surface area contributed by atoms with E-state index in [1.54, 1.807) is 6.07 Å². The molecule has 1 atom stereocenters. The lowest BCUT2D eigenvalue weighted by Crippen LogP contribution is -2.17. The van der Waals surface area contributed by atoms with Crippen molar-refractivity contribution in [3.63, 3.8) is 0 Å². The fraction of sp³-hybridized carbons (Fsp3) is 0.417. The molecule has 3 nitrogen and oxygen atoms in total. The minimum Gasteiger partial charge on any atom is -0.488 e. The lowest BCUT2D eigenvalue weighted by molar-refractivity contribution is 0.0665. The summed E-state index contributed by atoms with van der Waals surface area (Å²) in [7, 11) is 0. The fourth-order valence-electron chi connectivity index (χ4n) is 1.79. The van der Waals surface area contributed by atoms with Gasteiger partial charge in [-0.25, -0.2) is 4.39 Å². The molecule has 18 heavy (non-hydrogen) atoms. The minimum absolute atomic E-state index is 0.0541. The summed E-state index contributed by atoms with van der Waals surface area (Å²) in [5, 5.41) is 0. The number of ether oxygens (including phenoxy) is 2. The van der Waals surface area contributed by atoms with Crippen LogP contribution in [0, 0.1) is 5.82 Å². The second-order valence-electron chi connectivity index (χ2n) is 4.05. The van der Waals surface area contributed by atoms with Crippen molar-refractivity contribution in [2.45, 2.75) is 18.9 Å². The molecule has 1 aliphatic rings.